The number of rotatable bonds is 6. The second-order valence-electron chi connectivity index (χ2n) is 6.06. The molecule has 0 saturated heterocycles. The van der Waals surface area contributed by atoms with Crippen molar-refractivity contribution < 1.29 is 19.1 Å². The van der Waals surface area contributed by atoms with Gasteiger partial charge in [0.2, 0.25) is 5.91 Å². The molecule has 5 heteroatoms. The van der Waals surface area contributed by atoms with Crippen LogP contribution in [-0.2, 0) is 4.79 Å². The number of hydrogen-bond donors (Lipinski definition) is 0. The van der Waals surface area contributed by atoms with E-state index < -0.39 is 0 Å². The van der Waals surface area contributed by atoms with Crippen LogP contribution in [0.5, 0.6) is 11.5 Å². The Morgan fingerprint density at radius 3 is 2.44 bits per heavy atom. The predicted molar refractivity (Wildman–Crippen MR) is 94.0 cm³/mol. The molecule has 0 saturated carbocycles. The first-order valence-electron chi connectivity index (χ1n) is 8.34. The minimum atomic E-state index is -0.214. The molecule has 1 heterocycles. The molecule has 1 amide bonds. The van der Waals surface area contributed by atoms with Crippen LogP contribution in [0.3, 0.4) is 0 Å². The average Bonchev–Trinajstić information content (AvgIpc) is 2.66. The Morgan fingerprint density at radius 2 is 1.68 bits per heavy atom. The van der Waals surface area contributed by atoms with Crippen molar-refractivity contribution in [3.05, 3.63) is 60.2 Å². The van der Waals surface area contributed by atoms with Gasteiger partial charge >= 0.3 is 0 Å². The zero-order valence-corrected chi connectivity index (χ0v) is 14.2. The van der Waals surface area contributed by atoms with Gasteiger partial charge in [-0.15, -0.1) is 0 Å². The van der Waals surface area contributed by atoms with Crippen LogP contribution < -0.4 is 9.47 Å². The van der Waals surface area contributed by atoms with Crippen LogP contribution in [0.4, 0.5) is 0 Å². The lowest BCUT2D eigenvalue weighted by Crippen LogP contribution is -2.41. The van der Waals surface area contributed by atoms with E-state index in [0.29, 0.717) is 24.5 Å². The number of amides is 1. The van der Waals surface area contributed by atoms with Crippen LogP contribution >= 0.6 is 0 Å². The second kappa shape index (κ2) is 7.83. The van der Waals surface area contributed by atoms with Crippen molar-refractivity contribution in [2.75, 3.05) is 20.2 Å². The lowest BCUT2D eigenvalue weighted by Gasteiger charge is -2.29. The maximum absolute atomic E-state index is 12.3. The van der Waals surface area contributed by atoms with E-state index in [-0.39, 0.29) is 30.6 Å². The van der Waals surface area contributed by atoms with E-state index in [0.717, 1.165) is 5.75 Å². The fraction of sp³-hybridized carbons (Fsp3) is 0.300. The molecule has 0 fully saturated rings. The molecule has 0 bridgehead atoms. The maximum Gasteiger partial charge on any atom is 0.222 e. The summed E-state index contributed by atoms with van der Waals surface area (Å²) >= 11 is 0. The molecule has 5 nitrogen and oxygen atoms in total. The summed E-state index contributed by atoms with van der Waals surface area (Å²) in [6.07, 6.45) is 0.181. The van der Waals surface area contributed by atoms with Gasteiger partial charge in [-0.3, -0.25) is 9.59 Å². The quantitative estimate of drug-likeness (QED) is 0.759. The first-order chi connectivity index (χ1) is 12.1. The fourth-order valence-electron chi connectivity index (χ4n) is 2.74. The third-order valence-electron chi connectivity index (χ3n) is 4.13. The lowest BCUT2D eigenvalue weighted by molar-refractivity contribution is -0.131. The summed E-state index contributed by atoms with van der Waals surface area (Å²) in [7, 11) is 1.72. The summed E-state index contributed by atoms with van der Waals surface area (Å²) in [4.78, 5) is 26.0. The first kappa shape index (κ1) is 17.0. The fourth-order valence-corrected chi connectivity index (χ4v) is 2.74. The Balaban J connectivity index is 1.48. The highest BCUT2D eigenvalue weighted by atomic mass is 16.6. The number of ether oxygens (including phenoxy) is 2. The molecular weight excluding hydrogens is 318 g/mol. The smallest absolute Gasteiger partial charge is 0.222 e. The summed E-state index contributed by atoms with van der Waals surface area (Å²) in [6.45, 7) is 0.824. The summed E-state index contributed by atoms with van der Waals surface area (Å²) in [6, 6.07) is 16.5. The molecule has 0 spiro atoms. The van der Waals surface area contributed by atoms with Gasteiger partial charge in [-0.2, -0.15) is 0 Å². The van der Waals surface area contributed by atoms with E-state index in [1.54, 1.807) is 24.1 Å². The molecule has 1 aliphatic rings. The topological polar surface area (TPSA) is 55.8 Å². The van der Waals surface area contributed by atoms with Gasteiger partial charge in [0.15, 0.2) is 23.4 Å². The largest absolute Gasteiger partial charge is 0.486 e. The highest BCUT2D eigenvalue weighted by molar-refractivity contribution is 5.97. The Hall–Kier alpha value is -2.82. The minimum absolute atomic E-state index is 0.0199. The van der Waals surface area contributed by atoms with Crippen LogP contribution in [0.1, 0.15) is 23.2 Å². The normalized spacial score (nSPS) is 15.5. The number of nitrogens with zero attached hydrogens (tertiary/aromatic N) is 1. The first-order valence-corrected chi connectivity index (χ1v) is 8.34. The van der Waals surface area contributed by atoms with Crippen LogP contribution in [0.15, 0.2) is 54.6 Å². The zero-order valence-electron chi connectivity index (χ0n) is 14.2. The number of Topliss-reactive ketones (excluding diaryl/α,β-unsaturated/α-hetero) is 1. The molecule has 3 rings (SSSR count). The molecule has 1 atom stereocenters. The number of benzene rings is 2. The summed E-state index contributed by atoms with van der Waals surface area (Å²) in [5.41, 5.74) is 0.638. The van der Waals surface area contributed by atoms with Crippen LogP contribution in [0.25, 0.3) is 0 Å². The molecule has 0 N–H and O–H groups in total. The number of para-hydroxylation sites is 2. The van der Waals surface area contributed by atoms with Crippen molar-refractivity contribution in [3.63, 3.8) is 0 Å². The standard InChI is InChI=1S/C20H21NO4/c1-21(13-16-14-24-18-9-5-6-10-19(18)25-16)20(23)12-11-17(22)15-7-3-2-4-8-15/h2-10,16H,11-14H2,1H3. The molecule has 2 aromatic rings. The number of ketones is 1. The molecule has 1 aliphatic heterocycles. The van der Waals surface area contributed by atoms with Gasteiger partial charge in [0.05, 0.1) is 6.54 Å². The lowest BCUT2D eigenvalue weighted by atomic mass is 10.1. The minimum Gasteiger partial charge on any atom is -0.486 e. The number of carbonyl (C=O) groups is 2. The van der Waals surface area contributed by atoms with Gasteiger partial charge in [0, 0.05) is 25.5 Å². The molecule has 0 aromatic heterocycles. The van der Waals surface area contributed by atoms with Crippen molar-refractivity contribution in [1.82, 2.24) is 4.90 Å². The van der Waals surface area contributed by atoms with Crippen LogP contribution in [0.2, 0.25) is 0 Å². The molecule has 2 aromatic carbocycles. The van der Waals surface area contributed by atoms with Crippen molar-refractivity contribution in [2.24, 2.45) is 0 Å². The molecule has 1 unspecified atom stereocenters. The van der Waals surface area contributed by atoms with E-state index in [2.05, 4.69) is 0 Å². The highest BCUT2D eigenvalue weighted by Gasteiger charge is 2.23. The second-order valence-corrected chi connectivity index (χ2v) is 6.06. The van der Waals surface area contributed by atoms with Gasteiger partial charge in [0.1, 0.15) is 6.61 Å². The Morgan fingerprint density at radius 1 is 1.00 bits per heavy atom. The molecule has 0 aliphatic carbocycles. The Labute approximate surface area is 147 Å². The third-order valence-corrected chi connectivity index (χ3v) is 4.13. The zero-order chi connectivity index (χ0) is 17.6. The number of hydrogen-bond acceptors (Lipinski definition) is 4. The van der Waals surface area contributed by atoms with Gasteiger partial charge in [-0.1, -0.05) is 42.5 Å². The van der Waals surface area contributed by atoms with Crippen molar-refractivity contribution in [2.45, 2.75) is 18.9 Å². The Kier molecular flexibility index (Phi) is 5.33. The molecule has 0 radical (unpaired) electrons. The third kappa shape index (κ3) is 4.38. The van der Waals surface area contributed by atoms with Gasteiger partial charge < -0.3 is 14.4 Å². The highest BCUT2D eigenvalue weighted by Crippen LogP contribution is 2.30. The van der Waals surface area contributed by atoms with E-state index in [9.17, 15) is 9.59 Å². The maximum atomic E-state index is 12.3. The number of carbonyl (C=O) groups excluding carboxylic acids is 2. The van der Waals surface area contributed by atoms with E-state index in [4.69, 9.17) is 9.47 Å². The number of likely N-dealkylation sites (N-methyl/N-ethyl adjacent to an activating group) is 1. The van der Waals surface area contributed by atoms with Crippen molar-refractivity contribution in [1.29, 1.82) is 0 Å². The Bertz CT molecular complexity index is 744. The predicted octanol–water partition coefficient (Wildman–Crippen LogP) is 2.95. The summed E-state index contributed by atoms with van der Waals surface area (Å²) < 4.78 is 11.5. The van der Waals surface area contributed by atoms with E-state index in [1.807, 2.05) is 42.5 Å². The van der Waals surface area contributed by atoms with Gasteiger partial charge in [-0.25, -0.2) is 0 Å². The van der Waals surface area contributed by atoms with Gasteiger partial charge in [-0.05, 0) is 12.1 Å². The van der Waals surface area contributed by atoms with Crippen LogP contribution in [-0.4, -0.2) is 42.9 Å². The SMILES string of the molecule is CN(CC1COc2ccccc2O1)C(=O)CCC(=O)c1ccccc1. The van der Waals surface area contributed by atoms with Crippen molar-refractivity contribution in [3.8, 4) is 11.5 Å². The molecule has 25 heavy (non-hydrogen) atoms. The monoisotopic (exact) mass is 339 g/mol. The van der Waals surface area contributed by atoms with E-state index in [1.165, 1.54) is 0 Å². The summed E-state index contributed by atoms with van der Waals surface area (Å²) in [5, 5.41) is 0. The van der Waals surface area contributed by atoms with Crippen LogP contribution in [0, 0.1) is 0 Å². The summed E-state index contributed by atoms with van der Waals surface area (Å²) in [5.74, 6) is 1.32. The molecule has 130 valence electrons. The van der Waals surface area contributed by atoms with Crippen molar-refractivity contribution >= 4 is 11.7 Å². The average molecular weight is 339 g/mol. The van der Waals surface area contributed by atoms with Gasteiger partial charge in [0.25, 0.3) is 0 Å². The van der Waals surface area contributed by atoms with E-state index >= 15 is 0 Å². The molecular formula is C20H21NO4. The number of fused-ring (bicyclic) bond motifs is 1.